The number of carbonyl (C=O) groups excluding carboxylic acids is 1. The number of carbonyl (C=O) groups is 1. The molecule has 1 aliphatic rings. The average molecular weight is 272 g/mol. The van der Waals surface area contributed by atoms with Gasteiger partial charge in [0.2, 0.25) is 5.91 Å². The fourth-order valence-corrected chi connectivity index (χ4v) is 1.86. The first-order valence-corrected chi connectivity index (χ1v) is 5.93. The van der Waals surface area contributed by atoms with E-state index in [2.05, 4.69) is 5.32 Å². The van der Waals surface area contributed by atoms with Gasteiger partial charge in [-0.15, -0.1) is 0 Å². The summed E-state index contributed by atoms with van der Waals surface area (Å²) < 4.78 is 39.9. The molecule has 0 unspecified atom stereocenters. The molecule has 1 fully saturated rings. The quantitative estimate of drug-likeness (QED) is 0.826. The van der Waals surface area contributed by atoms with Crippen LogP contribution < -0.4 is 11.1 Å². The smallest absolute Gasteiger partial charge is 0.240 e. The third-order valence-electron chi connectivity index (χ3n) is 3.24. The van der Waals surface area contributed by atoms with Gasteiger partial charge >= 0.3 is 0 Å². The Morgan fingerprint density at radius 1 is 1.26 bits per heavy atom. The van der Waals surface area contributed by atoms with Crippen molar-refractivity contribution in [3.8, 4) is 0 Å². The fraction of sp³-hybridized carbons (Fsp3) is 0.462. The van der Waals surface area contributed by atoms with Crippen molar-refractivity contribution < 1.29 is 18.0 Å². The zero-order chi connectivity index (χ0) is 14.4. The van der Waals surface area contributed by atoms with Gasteiger partial charge in [0.1, 0.15) is 0 Å². The summed E-state index contributed by atoms with van der Waals surface area (Å²) in [6.45, 7) is 3.03. The minimum atomic E-state index is -1.52. The summed E-state index contributed by atoms with van der Waals surface area (Å²) >= 11 is 0. The van der Waals surface area contributed by atoms with E-state index in [4.69, 9.17) is 5.73 Å². The molecule has 2 rings (SSSR count). The van der Waals surface area contributed by atoms with Gasteiger partial charge in [-0.1, -0.05) is 6.07 Å². The minimum absolute atomic E-state index is 0.0380. The molecule has 1 amide bonds. The van der Waals surface area contributed by atoms with Crippen molar-refractivity contribution in [1.29, 1.82) is 0 Å². The lowest BCUT2D eigenvalue weighted by Crippen LogP contribution is -2.52. The molecule has 1 aromatic carbocycles. The van der Waals surface area contributed by atoms with Crippen LogP contribution in [-0.4, -0.2) is 11.4 Å². The van der Waals surface area contributed by atoms with E-state index < -0.39 is 34.4 Å². The molecule has 0 aromatic heterocycles. The second-order valence-corrected chi connectivity index (χ2v) is 5.48. The Labute approximate surface area is 109 Å². The molecule has 0 heterocycles. The van der Waals surface area contributed by atoms with Crippen molar-refractivity contribution in [2.24, 2.45) is 5.73 Å². The van der Waals surface area contributed by atoms with Crippen molar-refractivity contribution in [1.82, 2.24) is 5.32 Å². The lowest BCUT2D eigenvalue weighted by Gasteiger charge is -2.24. The highest BCUT2D eigenvalue weighted by molar-refractivity contribution is 5.86. The van der Waals surface area contributed by atoms with Crippen LogP contribution in [-0.2, 0) is 10.3 Å². The lowest BCUT2D eigenvalue weighted by atomic mass is 10.0. The number of rotatable bonds is 3. The van der Waals surface area contributed by atoms with Crippen molar-refractivity contribution >= 4 is 5.91 Å². The van der Waals surface area contributed by atoms with Gasteiger partial charge in [0.25, 0.3) is 0 Å². The van der Waals surface area contributed by atoms with Crippen molar-refractivity contribution in [3.63, 3.8) is 0 Å². The Hall–Kier alpha value is -1.56. The van der Waals surface area contributed by atoms with Crippen LogP contribution in [0.15, 0.2) is 12.1 Å². The van der Waals surface area contributed by atoms with Gasteiger partial charge in [-0.3, -0.25) is 4.79 Å². The predicted molar refractivity (Wildman–Crippen MR) is 63.6 cm³/mol. The fourth-order valence-electron chi connectivity index (χ4n) is 1.86. The predicted octanol–water partition coefficient (Wildman–Crippen LogP) is 1.95. The molecule has 0 radical (unpaired) electrons. The van der Waals surface area contributed by atoms with E-state index in [-0.39, 0.29) is 5.56 Å². The molecule has 0 spiro atoms. The summed E-state index contributed by atoms with van der Waals surface area (Å²) in [5.74, 6) is -4.49. The normalized spacial score (nSPS) is 17.2. The van der Waals surface area contributed by atoms with Gasteiger partial charge in [0.15, 0.2) is 17.5 Å². The van der Waals surface area contributed by atoms with Gasteiger partial charge in [-0.25, -0.2) is 13.2 Å². The van der Waals surface area contributed by atoms with E-state index >= 15 is 0 Å². The minimum Gasteiger partial charge on any atom is -0.345 e. The number of nitrogens with two attached hydrogens (primary N) is 1. The van der Waals surface area contributed by atoms with Crippen LogP contribution in [0.2, 0.25) is 0 Å². The molecule has 0 bridgehead atoms. The molecule has 1 aliphatic carbocycles. The van der Waals surface area contributed by atoms with Gasteiger partial charge in [-0.05, 0) is 32.8 Å². The summed E-state index contributed by atoms with van der Waals surface area (Å²) in [5, 5.41) is 2.62. The number of hydrogen-bond donors (Lipinski definition) is 2. The second-order valence-electron chi connectivity index (χ2n) is 5.48. The zero-order valence-corrected chi connectivity index (χ0v) is 10.7. The number of amides is 1. The van der Waals surface area contributed by atoms with Crippen LogP contribution in [0.25, 0.3) is 0 Å². The Balaban J connectivity index is 2.32. The average Bonchev–Trinajstić information content (AvgIpc) is 3.05. The van der Waals surface area contributed by atoms with Gasteiger partial charge < -0.3 is 11.1 Å². The zero-order valence-electron chi connectivity index (χ0n) is 10.7. The molecule has 3 nitrogen and oxygen atoms in total. The molecule has 0 aliphatic heterocycles. The van der Waals surface area contributed by atoms with E-state index in [1.165, 1.54) is 13.8 Å². The summed E-state index contributed by atoms with van der Waals surface area (Å²) in [5.41, 5.74) is 3.52. The topological polar surface area (TPSA) is 55.1 Å². The molecular weight excluding hydrogens is 257 g/mol. The van der Waals surface area contributed by atoms with Crippen LogP contribution in [0.5, 0.6) is 0 Å². The van der Waals surface area contributed by atoms with E-state index in [1.54, 1.807) is 0 Å². The van der Waals surface area contributed by atoms with Crippen molar-refractivity contribution in [2.75, 3.05) is 0 Å². The molecule has 1 aromatic rings. The van der Waals surface area contributed by atoms with Gasteiger partial charge in [-0.2, -0.15) is 0 Å². The Morgan fingerprint density at radius 2 is 1.84 bits per heavy atom. The van der Waals surface area contributed by atoms with Crippen LogP contribution >= 0.6 is 0 Å². The highest BCUT2D eigenvalue weighted by atomic mass is 19.2. The molecule has 0 saturated heterocycles. The third-order valence-corrected chi connectivity index (χ3v) is 3.24. The maximum atomic E-state index is 13.7. The van der Waals surface area contributed by atoms with E-state index in [9.17, 15) is 18.0 Å². The molecule has 104 valence electrons. The van der Waals surface area contributed by atoms with Crippen LogP contribution in [0.3, 0.4) is 0 Å². The Bertz CT molecular complexity index is 533. The van der Waals surface area contributed by atoms with E-state index in [0.29, 0.717) is 12.8 Å². The van der Waals surface area contributed by atoms with E-state index in [1.807, 2.05) is 0 Å². The first-order valence-electron chi connectivity index (χ1n) is 5.93. The Kier molecular flexibility index (Phi) is 3.09. The molecule has 19 heavy (non-hydrogen) atoms. The number of nitrogens with one attached hydrogen (secondary N) is 1. The van der Waals surface area contributed by atoms with E-state index in [0.717, 1.165) is 12.1 Å². The molecule has 3 N–H and O–H groups in total. The number of halogens is 3. The van der Waals surface area contributed by atoms with Gasteiger partial charge in [0, 0.05) is 5.56 Å². The second kappa shape index (κ2) is 4.23. The van der Waals surface area contributed by atoms with Crippen LogP contribution in [0.4, 0.5) is 13.2 Å². The van der Waals surface area contributed by atoms with Gasteiger partial charge in [0.05, 0.1) is 11.1 Å². The Morgan fingerprint density at radius 3 is 2.32 bits per heavy atom. The first kappa shape index (κ1) is 13.9. The number of hydrogen-bond acceptors (Lipinski definition) is 2. The summed E-state index contributed by atoms with van der Waals surface area (Å²) in [7, 11) is 0. The largest absolute Gasteiger partial charge is 0.345 e. The van der Waals surface area contributed by atoms with Crippen LogP contribution in [0, 0.1) is 17.5 Å². The highest BCUT2D eigenvalue weighted by Crippen LogP contribution is 2.47. The first-order chi connectivity index (χ1) is 8.67. The standard InChI is InChI=1S/C13H15F3N2O/c1-12(2,17)11(19)18-13(5-6-13)7-3-4-8(14)10(16)9(7)15/h3-4H,5-6,17H2,1-2H3,(H,18,19). The maximum absolute atomic E-state index is 13.7. The molecule has 1 saturated carbocycles. The molecule has 0 atom stereocenters. The van der Waals surface area contributed by atoms with Crippen molar-refractivity contribution in [2.45, 2.75) is 37.8 Å². The summed E-state index contributed by atoms with van der Waals surface area (Å²) in [6.07, 6.45) is 0.938. The molecular formula is C13H15F3N2O. The highest BCUT2D eigenvalue weighted by Gasteiger charge is 2.49. The number of benzene rings is 1. The monoisotopic (exact) mass is 272 g/mol. The SMILES string of the molecule is CC(C)(N)C(=O)NC1(c2ccc(F)c(F)c2F)CC1. The third kappa shape index (κ3) is 2.45. The van der Waals surface area contributed by atoms with Crippen molar-refractivity contribution in [3.05, 3.63) is 35.1 Å². The summed E-state index contributed by atoms with van der Waals surface area (Å²) in [4.78, 5) is 11.8. The lowest BCUT2D eigenvalue weighted by molar-refractivity contribution is -0.126. The van der Waals surface area contributed by atoms with Crippen LogP contribution in [0.1, 0.15) is 32.3 Å². The maximum Gasteiger partial charge on any atom is 0.240 e. The molecule has 6 heteroatoms. The summed E-state index contributed by atoms with van der Waals surface area (Å²) in [6, 6.07) is 2.01.